The van der Waals surface area contributed by atoms with Gasteiger partial charge in [-0.2, -0.15) is 0 Å². The van der Waals surface area contributed by atoms with E-state index in [4.69, 9.17) is 9.56 Å². The minimum atomic E-state index is -3.90. The maximum atomic E-state index is 13.8. The molecule has 0 aliphatic rings. The summed E-state index contributed by atoms with van der Waals surface area (Å²) in [5.41, 5.74) is 0.255. The number of nitrogens with two attached hydrogens (primary N) is 1. The van der Waals surface area contributed by atoms with Gasteiger partial charge in [-0.1, -0.05) is 12.1 Å². The van der Waals surface area contributed by atoms with E-state index in [2.05, 4.69) is 0 Å². The summed E-state index contributed by atoms with van der Waals surface area (Å²) in [7, 11) is -3.90. The summed E-state index contributed by atoms with van der Waals surface area (Å²) in [5, 5.41) is 5.13. The third-order valence-corrected chi connectivity index (χ3v) is 5.34. The Morgan fingerprint density at radius 1 is 0.828 bits per heavy atom. The molecule has 0 saturated heterocycles. The Labute approximate surface area is 164 Å². The summed E-state index contributed by atoms with van der Waals surface area (Å²) in [5.74, 6) is -1.07. The molecule has 0 fully saturated rings. The van der Waals surface area contributed by atoms with Crippen LogP contribution < -0.4 is 10.6 Å². The van der Waals surface area contributed by atoms with Gasteiger partial charge in [-0.25, -0.2) is 22.3 Å². The van der Waals surface area contributed by atoms with Gasteiger partial charge < -0.3 is 4.42 Å². The fourth-order valence-corrected chi connectivity index (χ4v) is 3.59. The van der Waals surface area contributed by atoms with Crippen molar-refractivity contribution in [2.75, 3.05) is 0 Å². The SMILES string of the molecule is NS(=O)(=O)c1ccc(-c2oc3ccc(F)cc3c(=O)c2-c2cccc(F)c2)cc1. The molecule has 0 radical (unpaired) electrons. The van der Waals surface area contributed by atoms with Crippen LogP contribution in [-0.4, -0.2) is 8.42 Å². The molecule has 4 aromatic rings. The van der Waals surface area contributed by atoms with E-state index in [-0.39, 0.29) is 32.8 Å². The summed E-state index contributed by atoms with van der Waals surface area (Å²) >= 11 is 0. The normalized spacial score (nSPS) is 11.7. The standard InChI is InChI=1S/C21H13F2NO4S/c22-14-3-1-2-13(10-14)19-20(25)17-11-15(23)6-9-18(17)28-21(19)12-4-7-16(8-5-12)29(24,26)27/h1-11H,(H2,24,26,27). The lowest BCUT2D eigenvalue weighted by Gasteiger charge is -2.11. The van der Waals surface area contributed by atoms with Crippen LogP contribution in [0.15, 0.2) is 80.8 Å². The van der Waals surface area contributed by atoms with Gasteiger partial charge >= 0.3 is 0 Å². The summed E-state index contributed by atoms with van der Waals surface area (Å²) in [6.45, 7) is 0. The number of primary sulfonamides is 1. The van der Waals surface area contributed by atoms with Gasteiger partial charge in [-0.3, -0.25) is 4.79 Å². The summed E-state index contributed by atoms with van der Waals surface area (Å²) in [6.07, 6.45) is 0. The maximum absolute atomic E-state index is 13.8. The topological polar surface area (TPSA) is 90.4 Å². The Bertz CT molecular complexity index is 1410. The molecule has 1 heterocycles. The van der Waals surface area contributed by atoms with Crippen molar-refractivity contribution in [1.82, 2.24) is 0 Å². The quantitative estimate of drug-likeness (QED) is 0.549. The Balaban J connectivity index is 2.06. The van der Waals surface area contributed by atoms with Crippen LogP contribution in [0.2, 0.25) is 0 Å². The summed E-state index contributed by atoms with van der Waals surface area (Å²) in [4.78, 5) is 13.0. The second-order valence-corrected chi connectivity index (χ2v) is 7.92. The highest BCUT2D eigenvalue weighted by atomic mass is 32.2. The van der Waals surface area contributed by atoms with Crippen molar-refractivity contribution in [3.05, 3.63) is 88.6 Å². The molecule has 0 bridgehead atoms. The number of hydrogen-bond donors (Lipinski definition) is 1. The largest absolute Gasteiger partial charge is 0.455 e. The van der Waals surface area contributed by atoms with Gasteiger partial charge in [0.25, 0.3) is 0 Å². The van der Waals surface area contributed by atoms with Crippen LogP contribution in [0, 0.1) is 11.6 Å². The lowest BCUT2D eigenvalue weighted by molar-refractivity contribution is 0.597. The van der Waals surface area contributed by atoms with E-state index in [1.807, 2.05) is 0 Å². The second kappa shape index (κ2) is 6.91. The van der Waals surface area contributed by atoms with Crippen molar-refractivity contribution in [3.8, 4) is 22.5 Å². The predicted molar refractivity (Wildman–Crippen MR) is 105 cm³/mol. The van der Waals surface area contributed by atoms with Crippen LogP contribution in [0.3, 0.4) is 0 Å². The van der Waals surface area contributed by atoms with Crippen molar-refractivity contribution in [1.29, 1.82) is 0 Å². The van der Waals surface area contributed by atoms with E-state index in [1.165, 1.54) is 54.6 Å². The molecule has 8 heteroatoms. The van der Waals surface area contributed by atoms with Gasteiger partial charge in [0.15, 0.2) is 0 Å². The Morgan fingerprint density at radius 3 is 2.17 bits per heavy atom. The van der Waals surface area contributed by atoms with Crippen LogP contribution in [0.4, 0.5) is 8.78 Å². The first-order valence-electron chi connectivity index (χ1n) is 8.39. The first-order valence-corrected chi connectivity index (χ1v) is 9.94. The highest BCUT2D eigenvalue weighted by Gasteiger charge is 2.19. The number of benzene rings is 3. The Morgan fingerprint density at radius 2 is 1.52 bits per heavy atom. The molecule has 0 amide bonds. The van der Waals surface area contributed by atoms with E-state index in [0.717, 1.165) is 12.1 Å². The maximum Gasteiger partial charge on any atom is 0.238 e. The smallest absolute Gasteiger partial charge is 0.238 e. The molecule has 2 N–H and O–H groups in total. The zero-order valence-electron chi connectivity index (χ0n) is 14.7. The van der Waals surface area contributed by atoms with E-state index < -0.39 is 27.1 Å². The van der Waals surface area contributed by atoms with Gasteiger partial charge in [-0.05, 0) is 60.2 Å². The number of halogens is 2. The van der Waals surface area contributed by atoms with Gasteiger partial charge in [0.1, 0.15) is 23.0 Å². The molecule has 3 aromatic carbocycles. The molecule has 4 rings (SSSR count). The van der Waals surface area contributed by atoms with Crippen LogP contribution in [0.5, 0.6) is 0 Å². The second-order valence-electron chi connectivity index (χ2n) is 6.36. The minimum absolute atomic E-state index is 0.00849. The third kappa shape index (κ3) is 3.55. The van der Waals surface area contributed by atoms with E-state index >= 15 is 0 Å². The number of rotatable bonds is 3. The first kappa shape index (κ1) is 19.0. The van der Waals surface area contributed by atoms with Gasteiger partial charge in [0, 0.05) is 5.56 Å². The molecule has 0 atom stereocenters. The molecule has 0 aliphatic carbocycles. The number of fused-ring (bicyclic) bond motifs is 1. The van der Waals surface area contributed by atoms with Crippen molar-refractivity contribution in [3.63, 3.8) is 0 Å². The van der Waals surface area contributed by atoms with Crippen molar-refractivity contribution < 1.29 is 21.6 Å². The predicted octanol–water partition coefficient (Wildman–Crippen LogP) is 4.05. The third-order valence-electron chi connectivity index (χ3n) is 4.41. The van der Waals surface area contributed by atoms with Gasteiger partial charge in [0.05, 0.1) is 15.8 Å². The molecular weight excluding hydrogens is 400 g/mol. The van der Waals surface area contributed by atoms with Gasteiger partial charge in [-0.15, -0.1) is 0 Å². The van der Waals surface area contributed by atoms with E-state index in [9.17, 15) is 22.0 Å². The lowest BCUT2D eigenvalue weighted by atomic mass is 9.98. The first-order chi connectivity index (χ1) is 13.7. The highest BCUT2D eigenvalue weighted by molar-refractivity contribution is 7.89. The minimum Gasteiger partial charge on any atom is -0.455 e. The Hall–Kier alpha value is -3.36. The van der Waals surface area contributed by atoms with Crippen molar-refractivity contribution in [2.24, 2.45) is 5.14 Å². The molecule has 0 aliphatic heterocycles. The van der Waals surface area contributed by atoms with Crippen LogP contribution >= 0.6 is 0 Å². The molecule has 0 unspecified atom stereocenters. The van der Waals surface area contributed by atoms with E-state index in [1.54, 1.807) is 0 Å². The van der Waals surface area contributed by atoms with Crippen LogP contribution in [0.25, 0.3) is 33.4 Å². The fourth-order valence-electron chi connectivity index (χ4n) is 3.07. The fraction of sp³-hybridized carbons (Fsp3) is 0. The highest BCUT2D eigenvalue weighted by Crippen LogP contribution is 2.33. The average Bonchev–Trinajstić information content (AvgIpc) is 2.68. The molecule has 5 nitrogen and oxygen atoms in total. The van der Waals surface area contributed by atoms with Crippen molar-refractivity contribution in [2.45, 2.75) is 4.90 Å². The lowest BCUT2D eigenvalue weighted by Crippen LogP contribution is -2.12. The van der Waals surface area contributed by atoms with Gasteiger partial charge in [0.2, 0.25) is 15.5 Å². The zero-order chi connectivity index (χ0) is 20.8. The number of hydrogen-bond acceptors (Lipinski definition) is 4. The zero-order valence-corrected chi connectivity index (χ0v) is 15.5. The Kier molecular flexibility index (Phi) is 4.52. The molecule has 146 valence electrons. The monoisotopic (exact) mass is 413 g/mol. The molecule has 0 saturated carbocycles. The number of sulfonamides is 1. The van der Waals surface area contributed by atoms with Crippen molar-refractivity contribution >= 4 is 21.0 Å². The molecule has 1 aromatic heterocycles. The average molecular weight is 413 g/mol. The van der Waals surface area contributed by atoms with Crippen LogP contribution in [0.1, 0.15) is 0 Å². The van der Waals surface area contributed by atoms with E-state index in [0.29, 0.717) is 5.56 Å². The molecular formula is C21H13F2NO4S. The molecule has 0 spiro atoms. The van der Waals surface area contributed by atoms with Crippen LogP contribution in [-0.2, 0) is 10.0 Å². The molecule has 29 heavy (non-hydrogen) atoms. The summed E-state index contributed by atoms with van der Waals surface area (Å²) < 4.78 is 56.3. The summed E-state index contributed by atoms with van der Waals surface area (Å²) in [6, 6.07) is 14.3.